The van der Waals surface area contributed by atoms with Gasteiger partial charge in [0, 0.05) is 7.05 Å². The van der Waals surface area contributed by atoms with Crippen LogP contribution in [0.1, 0.15) is 16.6 Å². The van der Waals surface area contributed by atoms with Crippen LogP contribution in [0, 0.1) is 0 Å². The molecule has 0 aliphatic rings. The molecule has 0 fully saturated rings. The van der Waals surface area contributed by atoms with Crippen LogP contribution in [0.4, 0.5) is 4.79 Å². The second kappa shape index (κ2) is 6.00. The number of carbonyl (C=O) groups excluding carboxylic acids is 3. The maximum absolute atomic E-state index is 11.5. The van der Waals surface area contributed by atoms with E-state index in [-0.39, 0.29) is 0 Å². The van der Waals surface area contributed by atoms with Crippen molar-refractivity contribution < 1.29 is 19.1 Å². The Balaban J connectivity index is 2.49. The summed E-state index contributed by atoms with van der Waals surface area (Å²) in [5.41, 5.74) is 0. The first-order valence-electron chi connectivity index (χ1n) is 4.81. The van der Waals surface area contributed by atoms with Crippen molar-refractivity contribution in [1.29, 1.82) is 0 Å². The van der Waals surface area contributed by atoms with Gasteiger partial charge in [-0.2, -0.15) is 0 Å². The van der Waals surface area contributed by atoms with Crippen molar-refractivity contribution in [3.63, 3.8) is 0 Å². The first kappa shape index (κ1) is 13.2. The van der Waals surface area contributed by atoms with E-state index in [0.29, 0.717) is 4.88 Å². The molecule has 6 nitrogen and oxygen atoms in total. The van der Waals surface area contributed by atoms with E-state index in [1.165, 1.54) is 25.3 Å². The van der Waals surface area contributed by atoms with Crippen LogP contribution in [0.3, 0.4) is 0 Å². The SMILES string of the molecule is CNC(=O)NC(=O)C(C)OC(=O)c1cccs1. The van der Waals surface area contributed by atoms with Gasteiger partial charge in [0.05, 0.1) is 0 Å². The van der Waals surface area contributed by atoms with Crippen molar-refractivity contribution >= 4 is 29.2 Å². The summed E-state index contributed by atoms with van der Waals surface area (Å²) in [6.45, 7) is 1.39. The highest BCUT2D eigenvalue weighted by Crippen LogP contribution is 2.11. The molecule has 0 radical (unpaired) electrons. The summed E-state index contributed by atoms with van der Waals surface area (Å²) in [5.74, 6) is -1.26. The molecule has 1 aromatic heterocycles. The number of thiophene rings is 1. The molecule has 7 heteroatoms. The van der Waals surface area contributed by atoms with E-state index in [1.807, 2.05) is 5.32 Å². The molecule has 0 saturated carbocycles. The molecule has 0 aliphatic carbocycles. The zero-order chi connectivity index (χ0) is 12.8. The largest absolute Gasteiger partial charge is 0.448 e. The molecule has 92 valence electrons. The number of esters is 1. The summed E-state index contributed by atoms with van der Waals surface area (Å²) in [7, 11) is 1.38. The Morgan fingerprint density at radius 1 is 1.41 bits per heavy atom. The van der Waals surface area contributed by atoms with Crippen molar-refractivity contribution in [1.82, 2.24) is 10.6 Å². The number of rotatable bonds is 3. The second-order valence-electron chi connectivity index (χ2n) is 3.09. The molecule has 17 heavy (non-hydrogen) atoms. The van der Waals surface area contributed by atoms with Crippen LogP contribution in [0.25, 0.3) is 0 Å². The van der Waals surface area contributed by atoms with Crippen LogP contribution >= 0.6 is 11.3 Å². The molecule has 3 amide bonds. The summed E-state index contributed by atoms with van der Waals surface area (Å²) in [4.78, 5) is 34.1. The molecule has 1 heterocycles. The third-order valence-electron chi connectivity index (χ3n) is 1.84. The lowest BCUT2D eigenvalue weighted by atomic mass is 10.3. The number of amides is 3. The number of ether oxygens (including phenoxy) is 1. The predicted molar refractivity (Wildman–Crippen MR) is 61.8 cm³/mol. The minimum absolute atomic E-state index is 0.407. The van der Waals surface area contributed by atoms with Crippen molar-refractivity contribution in [2.24, 2.45) is 0 Å². The molecule has 0 aromatic carbocycles. The van der Waals surface area contributed by atoms with Gasteiger partial charge in [0.25, 0.3) is 5.91 Å². The molecular formula is C10H12N2O4S. The van der Waals surface area contributed by atoms with Gasteiger partial charge in [-0.05, 0) is 18.4 Å². The summed E-state index contributed by atoms with van der Waals surface area (Å²) in [6, 6.07) is 2.65. The Hall–Kier alpha value is -1.89. The Kier molecular flexibility index (Phi) is 4.65. The van der Waals surface area contributed by atoms with E-state index in [1.54, 1.807) is 17.5 Å². The van der Waals surface area contributed by atoms with Crippen molar-refractivity contribution in [2.45, 2.75) is 13.0 Å². The monoisotopic (exact) mass is 256 g/mol. The lowest BCUT2D eigenvalue weighted by Gasteiger charge is -2.11. The molecule has 0 saturated heterocycles. The fourth-order valence-corrected chi connectivity index (χ4v) is 1.55. The highest BCUT2D eigenvalue weighted by Gasteiger charge is 2.20. The summed E-state index contributed by atoms with van der Waals surface area (Å²) >= 11 is 1.22. The fourth-order valence-electron chi connectivity index (χ4n) is 0.943. The molecule has 0 bridgehead atoms. The number of carbonyl (C=O) groups is 3. The van der Waals surface area contributed by atoms with E-state index < -0.39 is 24.0 Å². The highest BCUT2D eigenvalue weighted by atomic mass is 32.1. The van der Waals surface area contributed by atoms with Crippen LogP contribution in [0.15, 0.2) is 17.5 Å². The standard InChI is InChI=1S/C10H12N2O4S/c1-6(8(13)12-10(15)11-2)16-9(14)7-4-3-5-17-7/h3-6H,1-2H3,(H2,11,12,13,15). The summed E-state index contributed by atoms with van der Waals surface area (Å²) in [6.07, 6.45) is -1.03. The first-order chi connectivity index (χ1) is 8.04. The van der Waals surface area contributed by atoms with Gasteiger partial charge in [-0.1, -0.05) is 6.07 Å². The average Bonchev–Trinajstić information content (AvgIpc) is 2.82. The zero-order valence-electron chi connectivity index (χ0n) is 9.35. The van der Waals surface area contributed by atoms with E-state index in [0.717, 1.165) is 0 Å². The number of hydrogen-bond acceptors (Lipinski definition) is 5. The number of hydrogen-bond donors (Lipinski definition) is 2. The van der Waals surface area contributed by atoms with Gasteiger partial charge < -0.3 is 10.1 Å². The Morgan fingerprint density at radius 2 is 2.12 bits per heavy atom. The molecule has 2 N–H and O–H groups in total. The third kappa shape index (κ3) is 3.87. The van der Waals surface area contributed by atoms with Crippen molar-refractivity contribution in [3.05, 3.63) is 22.4 Å². The normalized spacial score (nSPS) is 11.4. The quantitative estimate of drug-likeness (QED) is 0.781. The van der Waals surface area contributed by atoms with Crippen molar-refractivity contribution in [3.8, 4) is 0 Å². The van der Waals surface area contributed by atoms with Gasteiger partial charge in [-0.25, -0.2) is 9.59 Å². The minimum Gasteiger partial charge on any atom is -0.448 e. The van der Waals surface area contributed by atoms with Crippen molar-refractivity contribution in [2.75, 3.05) is 7.05 Å². The Morgan fingerprint density at radius 3 is 2.65 bits per heavy atom. The second-order valence-corrected chi connectivity index (χ2v) is 4.04. The summed E-state index contributed by atoms with van der Waals surface area (Å²) in [5, 5.41) is 5.97. The third-order valence-corrected chi connectivity index (χ3v) is 2.69. The molecule has 1 atom stereocenters. The van der Waals surface area contributed by atoms with Crippen LogP contribution < -0.4 is 10.6 Å². The van der Waals surface area contributed by atoms with Crippen LogP contribution in [-0.2, 0) is 9.53 Å². The molecular weight excluding hydrogens is 244 g/mol. The van der Waals surface area contributed by atoms with E-state index in [2.05, 4.69) is 5.32 Å². The molecule has 1 unspecified atom stereocenters. The molecule has 1 aromatic rings. The number of nitrogens with one attached hydrogen (secondary N) is 2. The zero-order valence-corrected chi connectivity index (χ0v) is 10.2. The fraction of sp³-hybridized carbons (Fsp3) is 0.300. The smallest absolute Gasteiger partial charge is 0.349 e. The molecule has 0 spiro atoms. The maximum Gasteiger partial charge on any atom is 0.349 e. The predicted octanol–water partition coefficient (Wildman–Crippen LogP) is 0.749. The summed E-state index contributed by atoms with van der Waals surface area (Å²) < 4.78 is 4.88. The topological polar surface area (TPSA) is 84.5 Å². The van der Waals surface area contributed by atoms with Crippen LogP contribution in [0.2, 0.25) is 0 Å². The van der Waals surface area contributed by atoms with E-state index >= 15 is 0 Å². The van der Waals surface area contributed by atoms with E-state index in [4.69, 9.17) is 4.74 Å². The van der Waals surface area contributed by atoms with Gasteiger partial charge in [0.15, 0.2) is 6.10 Å². The lowest BCUT2D eigenvalue weighted by Crippen LogP contribution is -2.43. The number of imide groups is 1. The van der Waals surface area contributed by atoms with Crippen LogP contribution in [0.5, 0.6) is 0 Å². The first-order valence-corrected chi connectivity index (χ1v) is 5.69. The van der Waals surface area contributed by atoms with Gasteiger partial charge in [0.1, 0.15) is 4.88 Å². The minimum atomic E-state index is -1.03. The van der Waals surface area contributed by atoms with Gasteiger partial charge >= 0.3 is 12.0 Å². The average molecular weight is 256 g/mol. The molecule has 0 aliphatic heterocycles. The van der Waals surface area contributed by atoms with Gasteiger partial charge in [-0.15, -0.1) is 11.3 Å². The van der Waals surface area contributed by atoms with Gasteiger partial charge in [-0.3, -0.25) is 10.1 Å². The maximum atomic E-state index is 11.5. The Bertz CT molecular complexity index is 416. The lowest BCUT2D eigenvalue weighted by molar-refractivity contribution is -0.127. The number of urea groups is 1. The Labute approximate surface area is 102 Å². The van der Waals surface area contributed by atoms with Crippen LogP contribution in [-0.4, -0.2) is 31.1 Å². The van der Waals surface area contributed by atoms with Gasteiger partial charge in [0.2, 0.25) is 0 Å². The van der Waals surface area contributed by atoms with E-state index in [9.17, 15) is 14.4 Å². The molecule has 1 rings (SSSR count). The highest BCUT2D eigenvalue weighted by molar-refractivity contribution is 7.11.